The third-order valence-electron chi connectivity index (χ3n) is 5.05. The summed E-state index contributed by atoms with van der Waals surface area (Å²) in [6.07, 6.45) is 3.71. The van der Waals surface area contributed by atoms with Gasteiger partial charge in [-0.1, -0.05) is 12.1 Å². The van der Waals surface area contributed by atoms with Gasteiger partial charge in [0.2, 0.25) is 5.78 Å². The number of aromatic hydroxyl groups is 1. The SMILES string of the molecule is O=COc1ccccc1C(=O)c1cc2c3c(c1O)CCCN3CCC2. The Balaban J connectivity index is 1.84. The van der Waals surface area contributed by atoms with E-state index in [-0.39, 0.29) is 22.8 Å². The molecule has 2 heterocycles. The van der Waals surface area contributed by atoms with E-state index in [1.54, 1.807) is 24.3 Å². The number of nitrogens with zero attached hydrogens (tertiary/aromatic N) is 1. The highest BCUT2D eigenvalue weighted by Crippen LogP contribution is 2.42. The average Bonchev–Trinajstić information content (AvgIpc) is 2.65. The number of benzene rings is 2. The molecule has 0 aliphatic carbocycles. The van der Waals surface area contributed by atoms with Gasteiger partial charge in [-0.05, 0) is 49.4 Å². The number of phenols is 1. The van der Waals surface area contributed by atoms with Crippen molar-refractivity contribution in [1.82, 2.24) is 0 Å². The Kier molecular flexibility index (Phi) is 3.92. The first kappa shape index (κ1) is 15.7. The van der Waals surface area contributed by atoms with Gasteiger partial charge in [0.05, 0.1) is 11.1 Å². The minimum atomic E-state index is -0.323. The summed E-state index contributed by atoms with van der Waals surface area (Å²) in [4.78, 5) is 26.1. The molecule has 2 aromatic carbocycles. The maximum atomic E-state index is 13.0. The Morgan fingerprint density at radius 2 is 1.88 bits per heavy atom. The van der Waals surface area contributed by atoms with Crippen LogP contribution in [0.1, 0.15) is 39.9 Å². The van der Waals surface area contributed by atoms with Gasteiger partial charge in [0.1, 0.15) is 11.5 Å². The largest absolute Gasteiger partial charge is 0.507 e. The van der Waals surface area contributed by atoms with Crippen LogP contribution in [0, 0.1) is 0 Å². The van der Waals surface area contributed by atoms with Gasteiger partial charge in [0.15, 0.2) is 0 Å². The molecule has 4 rings (SSSR count). The lowest BCUT2D eigenvalue weighted by Gasteiger charge is -2.37. The van der Waals surface area contributed by atoms with Crippen molar-refractivity contribution in [1.29, 1.82) is 0 Å². The number of ketones is 1. The summed E-state index contributed by atoms with van der Waals surface area (Å²) in [5.41, 5.74) is 3.68. The number of anilines is 1. The van der Waals surface area contributed by atoms with Crippen molar-refractivity contribution in [2.45, 2.75) is 25.7 Å². The fourth-order valence-corrected chi connectivity index (χ4v) is 3.97. The first-order valence-electron chi connectivity index (χ1n) is 8.57. The zero-order valence-corrected chi connectivity index (χ0v) is 13.8. The fraction of sp³-hybridized carbons (Fsp3) is 0.300. The predicted octanol–water partition coefficient (Wildman–Crippen LogP) is 2.86. The third-order valence-corrected chi connectivity index (χ3v) is 5.05. The molecule has 25 heavy (non-hydrogen) atoms. The Morgan fingerprint density at radius 3 is 2.68 bits per heavy atom. The van der Waals surface area contributed by atoms with E-state index in [2.05, 4.69) is 4.90 Å². The molecule has 5 nitrogen and oxygen atoms in total. The van der Waals surface area contributed by atoms with Gasteiger partial charge < -0.3 is 14.7 Å². The Labute approximate surface area is 145 Å². The molecule has 0 saturated carbocycles. The highest BCUT2D eigenvalue weighted by atomic mass is 16.5. The first-order chi connectivity index (χ1) is 12.2. The molecule has 5 heteroatoms. The van der Waals surface area contributed by atoms with Crippen molar-refractivity contribution in [3.63, 3.8) is 0 Å². The highest BCUT2D eigenvalue weighted by molar-refractivity contribution is 6.13. The average molecular weight is 337 g/mol. The maximum Gasteiger partial charge on any atom is 0.298 e. The molecule has 2 aliphatic rings. The zero-order valence-electron chi connectivity index (χ0n) is 13.8. The van der Waals surface area contributed by atoms with Gasteiger partial charge in [-0.25, -0.2) is 0 Å². The molecule has 0 saturated heterocycles. The van der Waals surface area contributed by atoms with Crippen molar-refractivity contribution in [2.24, 2.45) is 0 Å². The van der Waals surface area contributed by atoms with Gasteiger partial charge in [0, 0.05) is 24.3 Å². The van der Waals surface area contributed by atoms with E-state index in [0.717, 1.165) is 55.6 Å². The number of ether oxygens (including phenoxy) is 1. The summed E-state index contributed by atoms with van der Waals surface area (Å²) in [6.45, 7) is 2.31. The molecule has 1 N–H and O–H groups in total. The lowest BCUT2D eigenvalue weighted by Crippen LogP contribution is -2.34. The Bertz CT molecular complexity index is 857. The lowest BCUT2D eigenvalue weighted by atomic mass is 9.87. The number of hydrogen-bond acceptors (Lipinski definition) is 5. The van der Waals surface area contributed by atoms with Crippen molar-refractivity contribution in [3.05, 3.63) is 52.6 Å². The molecule has 2 aliphatic heterocycles. The van der Waals surface area contributed by atoms with Crippen molar-refractivity contribution >= 4 is 17.9 Å². The van der Waals surface area contributed by atoms with Crippen molar-refractivity contribution in [2.75, 3.05) is 18.0 Å². The van der Waals surface area contributed by atoms with Crippen LogP contribution in [0.2, 0.25) is 0 Å². The second-order valence-electron chi connectivity index (χ2n) is 6.49. The number of carbonyl (C=O) groups is 2. The van der Waals surface area contributed by atoms with Crippen LogP contribution in [-0.2, 0) is 17.6 Å². The Morgan fingerprint density at radius 1 is 1.12 bits per heavy atom. The van der Waals surface area contributed by atoms with Gasteiger partial charge >= 0.3 is 0 Å². The second kappa shape index (κ2) is 6.24. The van der Waals surface area contributed by atoms with Crippen molar-refractivity contribution in [3.8, 4) is 11.5 Å². The summed E-state index contributed by atoms with van der Waals surface area (Å²) in [5, 5.41) is 10.8. The van der Waals surface area contributed by atoms with Gasteiger partial charge in [-0.3, -0.25) is 9.59 Å². The van der Waals surface area contributed by atoms with Crippen LogP contribution in [0.15, 0.2) is 30.3 Å². The highest BCUT2D eigenvalue weighted by Gasteiger charge is 2.30. The van der Waals surface area contributed by atoms with E-state index in [1.807, 2.05) is 6.07 Å². The van der Waals surface area contributed by atoms with Crippen LogP contribution >= 0.6 is 0 Å². The molecular formula is C20H19NO4. The maximum absolute atomic E-state index is 13.0. The molecule has 0 bridgehead atoms. The molecule has 0 amide bonds. The van der Waals surface area contributed by atoms with Crippen LogP contribution in [0.25, 0.3) is 0 Å². The van der Waals surface area contributed by atoms with E-state index in [9.17, 15) is 14.7 Å². The van der Waals surface area contributed by atoms with Crippen LogP contribution in [-0.4, -0.2) is 30.5 Å². The molecule has 0 aromatic heterocycles. The summed E-state index contributed by atoms with van der Waals surface area (Å²) in [5.74, 6) is -0.0529. The molecule has 0 fully saturated rings. The van der Waals surface area contributed by atoms with E-state index >= 15 is 0 Å². The number of para-hydroxylation sites is 1. The fourth-order valence-electron chi connectivity index (χ4n) is 3.97. The number of phenolic OH excluding ortho intramolecular Hbond substituents is 1. The topological polar surface area (TPSA) is 66.8 Å². The molecule has 128 valence electrons. The molecule has 0 spiro atoms. The van der Waals surface area contributed by atoms with E-state index in [4.69, 9.17) is 4.74 Å². The van der Waals surface area contributed by atoms with Crippen LogP contribution in [0.5, 0.6) is 11.5 Å². The third kappa shape index (κ3) is 2.56. The minimum absolute atomic E-state index is 0.0660. The van der Waals surface area contributed by atoms with Crippen LogP contribution in [0.4, 0.5) is 5.69 Å². The number of hydrogen-bond donors (Lipinski definition) is 1. The molecular weight excluding hydrogens is 318 g/mol. The van der Waals surface area contributed by atoms with Gasteiger partial charge in [-0.2, -0.15) is 0 Å². The van der Waals surface area contributed by atoms with E-state index in [0.29, 0.717) is 12.0 Å². The number of carbonyl (C=O) groups excluding carboxylic acids is 2. The quantitative estimate of drug-likeness (QED) is 0.686. The van der Waals surface area contributed by atoms with Crippen molar-refractivity contribution < 1.29 is 19.4 Å². The smallest absolute Gasteiger partial charge is 0.298 e. The molecule has 0 radical (unpaired) electrons. The minimum Gasteiger partial charge on any atom is -0.507 e. The predicted molar refractivity (Wildman–Crippen MR) is 93.5 cm³/mol. The summed E-state index contributed by atoms with van der Waals surface area (Å²) < 4.78 is 4.93. The van der Waals surface area contributed by atoms with Crippen LogP contribution < -0.4 is 9.64 Å². The summed E-state index contributed by atoms with van der Waals surface area (Å²) >= 11 is 0. The number of rotatable bonds is 4. The van der Waals surface area contributed by atoms with E-state index < -0.39 is 0 Å². The lowest BCUT2D eigenvalue weighted by molar-refractivity contribution is -0.120. The van der Waals surface area contributed by atoms with E-state index in [1.165, 1.54) is 0 Å². The second-order valence-corrected chi connectivity index (χ2v) is 6.49. The number of aryl methyl sites for hydroxylation is 1. The summed E-state index contributed by atoms with van der Waals surface area (Å²) in [7, 11) is 0. The molecule has 2 aromatic rings. The molecule has 0 atom stereocenters. The normalized spacial score (nSPS) is 15.4. The zero-order chi connectivity index (χ0) is 17.4. The standard InChI is InChI=1S/C20H19NO4/c22-12-25-17-8-2-1-6-14(17)19(23)16-11-13-5-3-9-21-10-4-7-15(18(13)21)20(16)24/h1-2,6,8,11-12,24H,3-5,7,9-10H2. The molecule has 0 unspecified atom stereocenters. The Hall–Kier alpha value is -2.82. The monoisotopic (exact) mass is 337 g/mol. The first-order valence-corrected chi connectivity index (χ1v) is 8.57. The van der Waals surface area contributed by atoms with Crippen LogP contribution in [0.3, 0.4) is 0 Å². The van der Waals surface area contributed by atoms with Gasteiger partial charge in [0.25, 0.3) is 6.47 Å². The summed E-state index contributed by atoms with van der Waals surface area (Å²) in [6, 6.07) is 8.41. The van der Waals surface area contributed by atoms with Gasteiger partial charge in [-0.15, -0.1) is 0 Å².